The fourth-order valence-corrected chi connectivity index (χ4v) is 0.484. The van der Waals surface area contributed by atoms with Crippen LogP contribution >= 0.6 is 12.6 Å². The molecule has 0 aliphatic carbocycles. The summed E-state index contributed by atoms with van der Waals surface area (Å²) in [4.78, 5) is 10.1. The molecule has 1 amide bonds. The van der Waals surface area contributed by atoms with Crippen molar-refractivity contribution in [1.82, 2.24) is 5.32 Å². The molecule has 0 aliphatic rings. The van der Waals surface area contributed by atoms with Crippen LogP contribution in [0.1, 0.15) is 19.8 Å². The Morgan fingerprint density at radius 1 is 1.67 bits per heavy atom. The molecule has 0 spiro atoms. The molecule has 0 aliphatic heterocycles. The van der Waals surface area contributed by atoms with E-state index in [0.29, 0.717) is 0 Å². The van der Waals surface area contributed by atoms with E-state index in [2.05, 4.69) is 24.9 Å². The van der Waals surface area contributed by atoms with E-state index >= 15 is 0 Å². The number of rotatable bonds is 3. The van der Waals surface area contributed by atoms with Crippen molar-refractivity contribution >= 4 is 17.9 Å². The van der Waals surface area contributed by atoms with Crippen LogP contribution in [0.2, 0.25) is 0 Å². The van der Waals surface area contributed by atoms with E-state index in [4.69, 9.17) is 0 Å². The number of nitrogens with one attached hydrogen (secondary N) is 1. The molecular formula is C5H11MoNOS. The molecule has 4 heteroatoms. The maximum absolute atomic E-state index is 10.1. The molecule has 54 valence electrons. The van der Waals surface area contributed by atoms with Crippen LogP contribution in [0, 0.1) is 0 Å². The van der Waals surface area contributed by atoms with E-state index in [-0.39, 0.29) is 26.3 Å². The molecule has 0 saturated carbocycles. The van der Waals surface area contributed by atoms with Crippen LogP contribution in [0.25, 0.3) is 0 Å². The molecule has 0 unspecified atom stereocenters. The van der Waals surface area contributed by atoms with Crippen molar-refractivity contribution in [3.8, 4) is 0 Å². The van der Waals surface area contributed by atoms with Crippen molar-refractivity contribution in [3.63, 3.8) is 0 Å². The summed E-state index contributed by atoms with van der Waals surface area (Å²) >= 11 is 3.52. The summed E-state index contributed by atoms with van der Waals surface area (Å²) in [7, 11) is 0. The maximum Gasteiger partial charge on any atom is 0.275 e. The number of carbonyl (C=O) groups excluding carboxylic acids is 1. The SMILES string of the molecule is CCCCNC(=O)S.[Mo]. The molecule has 0 atom stereocenters. The largest absolute Gasteiger partial charge is 0.347 e. The summed E-state index contributed by atoms with van der Waals surface area (Å²) in [6, 6.07) is 0. The molecule has 0 aromatic rings. The topological polar surface area (TPSA) is 29.1 Å². The molecule has 0 rings (SSSR count). The molecule has 0 bridgehead atoms. The van der Waals surface area contributed by atoms with E-state index in [9.17, 15) is 4.79 Å². The van der Waals surface area contributed by atoms with Gasteiger partial charge in [0.1, 0.15) is 0 Å². The normalized spacial score (nSPS) is 7.78. The molecule has 0 saturated heterocycles. The molecule has 0 fully saturated rings. The second-order valence-electron chi connectivity index (χ2n) is 1.59. The van der Waals surface area contributed by atoms with Gasteiger partial charge in [0.05, 0.1) is 0 Å². The van der Waals surface area contributed by atoms with Gasteiger partial charge < -0.3 is 5.32 Å². The van der Waals surface area contributed by atoms with Gasteiger partial charge in [-0.25, -0.2) is 0 Å². The average molecular weight is 229 g/mol. The number of unbranched alkanes of at least 4 members (excludes halogenated alkanes) is 1. The van der Waals surface area contributed by atoms with Crippen molar-refractivity contribution in [1.29, 1.82) is 0 Å². The summed E-state index contributed by atoms with van der Waals surface area (Å²) < 4.78 is 0. The zero-order valence-electron chi connectivity index (χ0n) is 5.39. The second-order valence-corrected chi connectivity index (χ2v) is 1.99. The zero-order chi connectivity index (χ0) is 6.41. The molecule has 0 heterocycles. The summed E-state index contributed by atoms with van der Waals surface area (Å²) in [5, 5.41) is 2.33. The van der Waals surface area contributed by atoms with Crippen LogP contribution < -0.4 is 5.32 Å². The predicted molar refractivity (Wildman–Crippen MR) is 37.3 cm³/mol. The minimum Gasteiger partial charge on any atom is -0.347 e. The summed E-state index contributed by atoms with van der Waals surface area (Å²) in [6.45, 7) is 2.82. The van der Waals surface area contributed by atoms with Crippen molar-refractivity contribution in [2.75, 3.05) is 6.54 Å². The Labute approximate surface area is 75.5 Å². The predicted octanol–water partition coefficient (Wildman–Crippen LogP) is 1.42. The molecule has 1 N–H and O–H groups in total. The third kappa shape index (κ3) is 11.9. The first-order valence-electron chi connectivity index (χ1n) is 2.74. The minimum atomic E-state index is -0.238. The molecule has 9 heavy (non-hydrogen) atoms. The maximum atomic E-state index is 10.1. The first-order valence-corrected chi connectivity index (χ1v) is 3.19. The van der Waals surface area contributed by atoms with Gasteiger partial charge in [-0.3, -0.25) is 4.79 Å². The van der Waals surface area contributed by atoms with Gasteiger partial charge in [0, 0.05) is 27.6 Å². The van der Waals surface area contributed by atoms with Crippen molar-refractivity contribution in [2.24, 2.45) is 0 Å². The monoisotopic (exact) mass is 231 g/mol. The average Bonchev–Trinajstić information content (AvgIpc) is 1.66. The Kier molecular flexibility index (Phi) is 11.5. The van der Waals surface area contributed by atoms with E-state index in [0.717, 1.165) is 19.4 Å². The quantitative estimate of drug-likeness (QED) is 0.428. The Balaban J connectivity index is 0. The Morgan fingerprint density at radius 2 is 2.22 bits per heavy atom. The van der Waals surface area contributed by atoms with Crippen molar-refractivity contribution in [2.45, 2.75) is 19.8 Å². The number of thiol groups is 1. The van der Waals surface area contributed by atoms with Gasteiger partial charge in [-0.1, -0.05) is 26.0 Å². The molecule has 0 aromatic carbocycles. The summed E-state index contributed by atoms with van der Waals surface area (Å²) in [6.07, 6.45) is 2.14. The van der Waals surface area contributed by atoms with E-state index in [1.54, 1.807) is 0 Å². The van der Waals surface area contributed by atoms with Gasteiger partial charge in [0.15, 0.2) is 0 Å². The zero-order valence-corrected chi connectivity index (χ0v) is 8.29. The smallest absolute Gasteiger partial charge is 0.275 e. The first kappa shape index (κ1) is 12.2. The fraction of sp³-hybridized carbons (Fsp3) is 0.800. The van der Waals surface area contributed by atoms with E-state index in [1.807, 2.05) is 0 Å². The number of amides is 1. The Bertz CT molecular complexity index is 79.4. The number of hydrogen-bond acceptors (Lipinski definition) is 1. The van der Waals surface area contributed by atoms with Gasteiger partial charge in [-0.05, 0) is 6.42 Å². The fourth-order valence-electron chi connectivity index (χ4n) is 0.372. The van der Waals surface area contributed by atoms with E-state index < -0.39 is 0 Å². The van der Waals surface area contributed by atoms with Gasteiger partial charge >= 0.3 is 0 Å². The van der Waals surface area contributed by atoms with Crippen molar-refractivity contribution in [3.05, 3.63) is 0 Å². The van der Waals surface area contributed by atoms with Crippen LogP contribution in [-0.2, 0) is 21.1 Å². The first-order chi connectivity index (χ1) is 3.77. The third-order valence-electron chi connectivity index (χ3n) is 0.807. The summed E-state index contributed by atoms with van der Waals surface area (Å²) in [5.74, 6) is 0. The van der Waals surface area contributed by atoms with Crippen LogP contribution in [0.15, 0.2) is 0 Å². The van der Waals surface area contributed by atoms with Crippen LogP contribution in [0.4, 0.5) is 4.79 Å². The van der Waals surface area contributed by atoms with Gasteiger partial charge in [-0.2, -0.15) is 0 Å². The number of hydrogen-bond donors (Lipinski definition) is 2. The van der Waals surface area contributed by atoms with Crippen molar-refractivity contribution < 1.29 is 25.9 Å². The Morgan fingerprint density at radius 3 is 2.56 bits per heavy atom. The summed E-state index contributed by atoms with van der Waals surface area (Å²) in [5.41, 5.74) is 0. The van der Waals surface area contributed by atoms with Crippen LogP contribution in [0.5, 0.6) is 0 Å². The standard InChI is InChI=1S/C5H11NOS.Mo/c1-2-3-4-6-5(7)8;/h2-4H2,1H3,(H2,6,7,8);. The number of carbonyl (C=O) groups is 1. The third-order valence-corrected chi connectivity index (χ3v) is 0.965. The van der Waals surface area contributed by atoms with Gasteiger partial charge in [-0.15, -0.1) is 0 Å². The van der Waals surface area contributed by atoms with Crippen LogP contribution in [-0.4, -0.2) is 11.8 Å². The van der Waals surface area contributed by atoms with Gasteiger partial charge in [0.25, 0.3) is 5.24 Å². The molecular weight excluding hydrogens is 218 g/mol. The molecule has 0 radical (unpaired) electrons. The van der Waals surface area contributed by atoms with E-state index in [1.165, 1.54) is 0 Å². The molecule has 0 aromatic heterocycles. The minimum absolute atomic E-state index is 0. The Hall–Kier alpha value is 0.508. The van der Waals surface area contributed by atoms with Gasteiger partial charge in [0.2, 0.25) is 0 Å². The van der Waals surface area contributed by atoms with Crippen LogP contribution in [0.3, 0.4) is 0 Å². The second kappa shape index (κ2) is 8.51. The molecule has 2 nitrogen and oxygen atoms in total.